The summed E-state index contributed by atoms with van der Waals surface area (Å²) in [5.74, 6) is 0. The third-order valence-electron chi connectivity index (χ3n) is 2.73. The van der Waals surface area contributed by atoms with Crippen LogP contribution in [0.1, 0.15) is 33.1 Å². The van der Waals surface area contributed by atoms with Crippen molar-refractivity contribution in [3.8, 4) is 0 Å². The molecule has 0 aliphatic carbocycles. The minimum Gasteiger partial charge on any atom is -0.450 e. The number of carbonyl (C=O) groups excluding carboxylic acids is 2. The van der Waals surface area contributed by atoms with Crippen molar-refractivity contribution >= 4 is 23.5 Å². The molecule has 1 rings (SSSR count). The summed E-state index contributed by atoms with van der Waals surface area (Å²) in [5.41, 5.74) is 1.28. The third kappa shape index (κ3) is 7.20. The van der Waals surface area contributed by atoms with Gasteiger partial charge >= 0.3 is 12.1 Å². The highest BCUT2D eigenvalue weighted by Crippen LogP contribution is 2.13. The Kier molecular flexibility index (Phi) is 7.71. The second-order valence-electron chi connectivity index (χ2n) is 4.51. The molecule has 1 aromatic carbocycles. The molecule has 0 heterocycles. The highest BCUT2D eigenvalue weighted by Gasteiger charge is 2.03. The SMILES string of the molecule is CCCCCNC(=O)Nc1ccc(NC(=O)OCC)cc1. The number of rotatable bonds is 7. The molecular weight excluding hydrogens is 270 g/mol. The molecule has 0 spiro atoms. The summed E-state index contributed by atoms with van der Waals surface area (Å²) in [6, 6.07) is 6.60. The number of hydrogen-bond donors (Lipinski definition) is 3. The fraction of sp³-hybridized carbons (Fsp3) is 0.467. The number of hydrogen-bond acceptors (Lipinski definition) is 3. The maximum atomic E-state index is 11.6. The number of anilines is 2. The molecule has 21 heavy (non-hydrogen) atoms. The number of benzene rings is 1. The second kappa shape index (κ2) is 9.63. The van der Waals surface area contributed by atoms with Crippen LogP contribution in [0.5, 0.6) is 0 Å². The molecule has 3 amide bonds. The van der Waals surface area contributed by atoms with Gasteiger partial charge in [-0.15, -0.1) is 0 Å². The summed E-state index contributed by atoms with van der Waals surface area (Å²) in [6.07, 6.45) is 2.71. The molecule has 0 saturated heterocycles. The average Bonchev–Trinajstić information content (AvgIpc) is 2.46. The molecule has 0 bridgehead atoms. The second-order valence-corrected chi connectivity index (χ2v) is 4.51. The van der Waals surface area contributed by atoms with E-state index in [0.29, 0.717) is 24.5 Å². The largest absolute Gasteiger partial charge is 0.450 e. The highest BCUT2D eigenvalue weighted by atomic mass is 16.5. The van der Waals surface area contributed by atoms with Crippen molar-refractivity contribution in [2.45, 2.75) is 33.1 Å². The van der Waals surface area contributed by atoms with Gasteiger partial charge in [0.2, 0.25) is 0 Å². The van der Waals surface area contributed by atoms with Gasteiger partial charge in [0.15, 0.2) is 0 Å². The van der Waals surface area contributed by atoms with Crippen molar-refractivity contribution in [2.24, 2.45) is 0 Å². The number of unbranched alkanes of at least 4 members (excludes halogenated alkanes) is 2. The van der Waals surface area contributed by atoms with Crippen molar-refractivity contribution in [1.82, 2.24) is 5.32 Å². The molecule has 116 valence electrons. The number of nitrogens with one attached hydrogen (secondary N) is 3. The van der Waals surface area contributed by atoms with Gasteiger partial charge in [-0.2, -0.15) is 0 Å². The van der Waals surface area contributed by atoms with Crippen molar-refractivity contribution < 1.29 is 14.3 Å². The van der Waals surface area contributed by atoms with Gasteiger partial charge in [0.25, 0.3) is 0 Å². The summed E-state index contributed by atoms with van der Waals surface area (Å²) < 4.78 is 4.77. The van der Waals surface area contributed by atoms with E-state index in [4.69, 9.17) is 4.74 Å². The molecule has 0 aliphatic heterocycles. The first kappa shape index (κ1) is 16.8. The first-order valence-corrected chi connectivity index (χ1v) is 7.24. The monoisotopic (exact) mass is 293 g/mol. The molecule has 0 radical (unpaired) electrons. The van der Waals surface area contributed by atoms with Crippen LogP contribution in [0.2, 0.25) is 0 Å². The first-order valence-electron chi connectivity index (χ1n) is 7.24. The van der Waals surface area contributed by atoms with Gasteiger partial charge in [0, 0.05) is 17.9 Å². The van der Waals surface area contributed by atoms with E-state index >= 15 is 0 Å². The van der Waals surface area contributed by atoms with E-state index < -0.39 is 6.09 Å². The Bertz CT molecular complexity index is 446. The van der Waals surface area contributed by atoms with Crippen LogP contribution in [0.25, 0.3) is 0 Å². The fourth-order valence-electron chi connectivity index (χ4n) is 1.67. The molecule has 0 saturated carbocycles. The van der Waals surface area contributed by atoms with E-state index in [0.717, 1.165) is 19.3 Å². The van der Waals surface area contributed by atoms with E-state index in [1.165, 1.54) is 0 Å². The molecule has 0 aromatic heterocycles. The molecule has 0 unspecified atom stereocenters. The zero-order valence-corrected chi connectivity index (χ0v) is 12.6. The lowest BCUT2D eigenvalue weighted by atomic mass is 10.2. The van der Waals surface area contributed by atoms with Crippen LogP contribution in [-0.4, -0.2) is 25.3 Å². The van der Waals surface area contributed by atoms with Crippen molar-refractivity contribution in [3.05, 3.63) is 24.3 Å². The Morgan fingerprint density at radius 3 is 2.19 bits per heavy atom. The average molecular weight is 293 g/mol. The zero-order chi connectivity index (χ0) is 15.5. The lowest BCUT2D eigenvalue weighted by molar-refractivity contribution is 0.168. The van der Waals surface area contributed by atoms with Crippen LogP contribution in [0, 0.1) is 0 Å². The molecule has 0 aliphatic rings. The standard InChI is InChI=1S/C15H23N3O3/c1-3-5-6-11-16-14(19)17-12-7-9-13(10-8-12)18-15(20)21-4-2/h7-10H,3-6,11H2,1-2H3,(H,18,20)(H2,16,17,19). The lowest BCUT2D eigenvalue weighted by Crippen LogP contribution is -2.29. The Labute approximate surface area is 125 Å². The van der Waals surface area contributed by atoms with E-state index in [2.05, 4.69) is 22.9 Å². The summed E-state index contributed by atoms with van der Waals surface area (Å²) in [7, 11) is 0. The van der Waals surface area contributed by atoms with Gasteiger partial charge in [0.05, 0.1) is 6.61 Å². The van der Waals surface area contributed by atoms with Gasteiger partial charge in [-0.3, -0.25) is 5.32 Å². The summed E-state index contributed by atoms with van der Waals surface area (Å²) >= 11 is 0. The summed E-state index contributed by atoms with van der Waals surface area (Å²) in [4.78, 5) is 22.8. The first-order chi connectivity index (χ1) is 10.2. The number of amides is 3. The molecular formula is C15H23N3O3. The Balaban J connectivity index is 2.36. The topological polar surface area (TPSA) is 79.5 Å². The molecule has 3 N–H and O–H groups in total. The third-order valence-corrected chi connectivity index (χ3v) is 2.73. The maximum absolute atomic E-state index is 11.6. The number of urea groups is 1. The highest BCUT2D eigenvalue weighted by molar-refractivity contribution is 5.90. The Morgan fingerprint density at radius 2 is 1.62 bits per heavy atom. The van der Waals surface area contributed by atoms with E-state index in [1.807, 2.05) is 0 Å². The summed E-state index contributed by atoms with van der Waals surface area (Å²) in [5, 5.41) is 8.10. The molecule has 0 fully saturated rings. The Hall–Kier alpha value is -2.24. The van der Waals surface area contributed by atoms with Crippen LogP contribution in [0.15, 0.2) is 24.3 Å². The quantitative estimate of drug-likeness (QED) is 0.672. The van der Waals surface area contributed by atoms with Gasteiger partial charge in [-0.05, 0) is 37.6 Å². The zero-order valence-electron chi connectivity index (χ0n) is 12.6. The minimum absolute atomic E-state index is 0.225. The van der Waals surface area contributed by atoms with Gasteiger partial charge < -0.3 is 15.4 Å². The smallest absolute Gasteiger partial charge is 0.411 e. The predicted molar refractivity (Wildman–Crippen MR) is 83.6 cm³/mol. The number of ether oxygens (including phenoxy) is 1. The fourth-order valence-corrected chi connectivity index (χ4v) is 1.67. The minimum atomic E-state index is -0.494. The van der Waals surface area contributed by atoms with Crippen LogP contribution in [0.4, 0.5) is 21.0 Å². The molecule has 6 nitrogen and oxygen atoms in total. The van der Waals surface area contributed by atoms with E-state index in [1.54, 1.807) is 31.2 Å². The van der Waals surface area contributed by atoms with Crippen molar-refractivity contribution in [2.75, 3.05) is 23.8 Å². The molecule has 0 atom stereocenters. The van der Waals surface area contributed by atoms with Crippen LogP contribution in [-0.2, 0) is 4.74 Å². The molecule has 1 aromatic rings. The van der Waals surface area contributed by atoms with Crippen LogP contribution in [0.3, 0.4) is 0 Å². The van der Waals surface area contributed by atoms with Gasteiger partial charge in [-0.1, -0.05) is 19.8 Å². The van der Waals surface area contributed by atoms with Gasteiger partial charge in [0.1, 0.15) is 0 Å². The lowest BCUT2D eigenvalue weighted by Gasteiger charge is -2.09. The van der Waals surface area contributed by atoms with Crippen LogP contribution < -0.4 is 16.0 Å². The predicted octanol–water partition coefficient (Wildman–Crippen LogP) is 3.57. The van der Waals surface area contributed by atoms with Crippen molar-refractivity contribution in [1.29, 1.82) is 0 Å². The Morgan fingerprint density at radius 1 is 1.00 bits per heavy atom. The van der Waals surface area contributed by atoms with E-state index in [9.17, 15) is 9.59 Å². The molecule has 6 heteroatoms. The van der Waals surface area contributed by atoms with Crippen LogP contribution >= 0.6 is 0 Å². The summed E-state index contributed by atoms with van der Waals surface area (Å²) in [6.45, 7) is 4.85. The van der Waals surface area contributed by atoms with Gasteiger partial charge in [-0.25, -0.2) is 9.59 Å². The maximum Gasteiger partial charge on any atom is 0.411 e. The normalized spacial score (nSPS) is 9.81. The van der Waals surface area contributed by atoms with E-state index in [-0.39, 0.29) is 6.03 Å². The van der Waals surface area contributed by atoms with Crippen molar-refractivity contribution in [3.63, 3.8) is 0 Å². The number of carbonyl (C=O) groups is 2.